The Morgan fingerprint density at radius 3 is 2.70 bits per heavy atom. The number of nitrogens with two attached hydrogens (primary N) is 1. The lowest BCUT2D eigenvalue weighted by atomic mass is 9.84. The van der Waals surface area contributed by atoms with Gasteiger partial charge in [0, 0.05) is 52.1 Å². The van der Waals surface area contributed by atoms with E-state index in [9.17, 15) is 9.90 Å². The van der Waals surface area contributed by atoms with E-state index >= 15 is 0 Å². The van der Waals surface area contributed by atoms with Crippen molar-refractivity contribution < 1.29 is 19.4 Å². The van der Waals surface area contributed by atoms with Crippen LogP contribution in [0.2, 0.25) is 10.0 Å². The topological polar surface area (TPSA) is 101 Å². The Balaban J connectivity index is 1.41. The molecule has 0 saturated heterocycles. The number of rotatable bonds is 7. The number of carbonyl (C=O) groups excluding carboxylic acids is 1. The molecule has 4 N–H and O–H groups in total. The van der Waals surface area contributed by atoms with Crippen LogP contribution in [-0.2, 0) is 11.2 Å². The van der Waals surface area contributed by atoms with Gasteiger partial charge in [0.25, 0.3) is 0 Å². The van der Waals surface area contributed by atoms with Crippen LogP contribution in [0.3, 0.4) is 0 Å². The first-order valence-electron chi connectivity index (χ1n) is 12.4. The summed E-state index contributed by atoms with van der Waals surface area (Å²) in [5, 5.41) is 12.0. The average molecular weight is 542 g/mol. The fraction of sp³-hybridized carbons (Fsp3) is 0.321. The number of hydrogen-bond acceptors (Lipinski definition) is 5. The van der Waals surface area contributed by atoms with Gasteiger partial charge < -0.3 is 25.3 Å². The van der Waals surface area contributed by atoms with Crippen LogP contribution in [0.1, 0.15) is 30.1 Å². The SMILES string of the molecule is NCC(O)CCOC1=CCC(C2c3[nH]c4ccc(Cl)cc4c3CCN2C(=O)Oc2ccc(Cl)cc2)C=C1. The Hall–Kier alpha value is -2.97. The van der Waals surface area contributed by atoms with Crippen LogP contribution in [0.5, 0.6) is 5.75 Å². The summed E-state index contributed by atoms with van der Waals surface area (Å²) in [5.74, 6) is 1.19. The minimum absolute atomic E-state index is 0.00216. The number of H-pyrrole nitrogens is 1. The normalized spacial score (nSPS) is 19.9. The summed E-state index contributed by atoms with van der Waals surface area (Å²) in [7, 11) is 0. The summed E-state index contributed by atoms with van der Waals surface area (Å²) in [4.78, 5) is 18.8. The second kappa shape index (κ2) is 11.2. The molecule has 0 saturated carbocycles. The Morgan fingerprint density at radius 2 is 1.97 bits per heavy atom. The van der Waals surface area contributed by atoms with Gasteiger partial charge in [-0.1, -0.05) is 29.3 Å². The minimum Gasteiger partial charge on any atom is -0.494 e. The first kappa shape index (κ1) is 25.7. The fourth-order valence-corrected chi connectivity index (χ4v) is 5.29. The summed E-state index contributed by atoms with van der Waals surface area (Å²) in [5.41, 5.74) is 8.63. The molecule has 5 rings (SSSR count). The molecule has 3 aromatic rings. The second-order valence-electron chi connectivity index (χ2n) is 9.31. The molecule has 3 unspecified atom stereocenters. The Bertz CT molecular complexity index is 1340. The van der Waals surface area contributed by atoms with Crippen molar-refractivity contribution >= 4 is 40.2 Å². The molecule has 37 heavy (non-hydrogen) atoms. The predicted octanol–water partition coefficient (Wildman–Crippen LogP) is 5.76. The van der Waals surface area contributed by atoms with Crippen molar-refractivity contribution in [2.45, 2.75) is 31.4 Å². The molecule has 2 aromatic carbocycles. The number of aliphatic hydroxyl groups excluding tert-OH is 1. The van der Waals surface area contributed by atoms with E-state index in [-0.39, 0.29) is 18.5 Å². The number of fused-ring (bicyclic) bond motifs is 3. The number of aliphatic hydroxyl groups is 1. The van der Waals surface area contributed by atoms with E-state index in [1.807, 2.05) is 30.4 Å². The molecule has 2 heterocycles. The molecule has 7 nitrogen and oxygen atoms in total. The highest BCUT2D eigenvalue weighted by Crippen LogP contribution is 2.42. The second-order valence-corrected chi connectivity index (χ2v) is 10.2. The van der Waals surface area contributed by atoms with Crippen molar-refractivity contribution in [3.05, 3.63) is 87.8 Å². The third-order valence-corrected chi connectivity index (χ3v) is 7.37. The number of benzene rings is 2. The molecule has 3 atom stereocenters. The summed E-state index contributed by atoms with van der Waals surface area (Å²) in [6, 6.07) is 12.3. The largest absolute Gasteiger partial charge is 0.494 e. The molecule has 194 valence electrons. The number of halogens is 2. The van der Waals surface area contributed by atoms with Gasteiger partial charge in [0.2, 0.25) is 0 Å². The molecule has 2 aliphatic rings. The van der Waals surface area contributed by atoms with Crippen LogP contribution in [0, 0.1) is 5.92 Å². The van der Waals surface area contributed by atoms with E-state index in [4.69, 9.17) is 38.4 Å². The van der Waals surface area contributed by atoms with Gasteiger partial charge in [0.15, 0.2) is 0 Å². The zero-order valence-corrected chi connectivity index (χ0v) is 21.7. The highest BCUT2D eigenvalue weighted by atomic mass is 35.5. The van der Waals surface area contributed by atoms with E-state index in [1.165, 1.54) is 5.56 Å². The maximum atomic E-state index is 13.4. The standard InChI is InChI=1S/C28H29Cl2N3O4/c29-18-3-8-22(9-4-18)37-28(35)33-13-11-23-24-15-19(30)5-10-25(24)32-26(23)27(33)17-1-6-21(7-2-17)36-14-12-20(34)16-31/h1,3-10,15,17,20,27,32,34H,2,11-14,16,31H2. The van der Waals surface area contributed by atoms with Crippen LogP contribution in [0.4, 0.5) is 4.79 Å². The maximum Gasteiger partial charge on any atom is 0.415 e. The van der Waals surface area contributed by atoms with E-state index in [1.54, 1.807) is 29.2 Å². The van der Waals surface area contributed by atoms with E-state index in [0.29, 0.717) is 48.2 Å². The Labute approximate surface area is 225 Å². The number of allylic oxidation sites excluding steroid dienone is 2. The van der Waals surface area contributed by atoms with Gasteiger partial charge in [0.05, 0.1) is 18.8 Å². The Kier molecular flexibility index (Phi) is 7.76. The molecule has 0 bridgehead atoms. The van der Waals surface area contributed by atoms with Crippen molar-refractivity contribution in [3.8, 4) is 5.75 Å². The molecular formula is C28H29Cl2N3O4. The number of ether oxygens (including phenoxy) is 2. The van der Waals surface area contributed by atoms with Gasteiger partial charge >= 0.3 is 6.09 Å². The molecule has 1 amide bonds. The van der Waals surface area contributed by atoms with Crippen molar-refractivity contribution in [1.82, 2.24) is 9.88 Å². The number of nitrogens with one attached hydrogen (secondary N) is 1. The van der Waals surface area contributed by atoms with Crippen molar-refractivity contribution in [3.63, 3.8) is 0 Å². The Morgan fingerprint density at radius 1 is 1.19 bits per heavy atom. The molecule has 0 fully saturated rings. The number of aromatic amines is 1. The molecule has 1 aliphatic heterocycles. The van der Waals surface area contributed by atoms with Crippen LogP contribution < -0.4 is 10.5 Å². The molecule has 1 aromatic heterocycles. The molecule has 0 spiro atoms. The molecule has 9 heteroatoms. The van der Waals surface area contributed by atoms with Gasteiger partial charge in [0.1, 0.15) is 11.5 Å². The van der Waals surface area contributed by atoms with Crippen LogP contribution >= 0.6 is 23.2 Å². The third kappa shape index (κ3) is 5.65. The predicted molar refractivity (Wildman–Crippen MR) is 145 cm³/mol. The zero-order valence-electron chi connectivity index (χ0n) is 20.2. The van der Waals surface area contributed by atoms with Gasteiger partial charge in [-0.2, -0.15) is 0 Å². The smallest absolute Gasteiger partial charge is 0.415 e. The number of carbonyl (C=O) groups is 1. The number of amides is 1. The van der Waals surface area contributed by atoms with Gasteiger partial charge in [-0.25, -0.2) is 4.79 Å². The average Bonchev–Trinajstić information content (AvgIpc) is 3.27. The summed E-state index contributed by atoms with van der Waals surface area (Å²) >= 11 is 12.3. The van der Waals surface area contributed by atoms with E-state index < -0.39 is 12.2 Å². The quantitative estimate of drug-likeness (QED) is 0.353. The highest BCUT2D eigenvalue weighted by Gasteiger charge is 2.39. The van der Waals surface area contributed by atoms with Gasteiger partial charge in [-0.05, 0) is 73.0 Å². The van der Waals surface area contributed by atoms with Crippen molar-refractivity contribution in [1.29, 1.82) is 0 Å². The summed E-state index contributed by atoms with van der Waals surface area (Å²) in [6.45, 7) is 1.11. The lowest BCUT2D eigenvalue weighted by molar-refractivity contribution is 0.109. The van der Waals surface area contributed by atoms with E-state index in [0.717, 1.165) is 22.4 Å². The monoisotopic (exact) mass is 541 g/mol. The number of nitrogens with zero attached hydrogens (tertiary/aromatic N) is 1. The van der Waals surface area contributed by atoms with Crippen LogP contribution in [0.25, 0.3) is 10.9 Å². The maximum absolute atomic E-state index is 13.4. The number of aromatic nitrogens is 1. The highest BCUT2D eigenvalue weighted by molar-refractivity contribution is 6.31. The fourth-order valence-electron chi connectivity index (χ4n) is 4.99. The lowest BCUT2D eigenvalue weighted by Crippen LogP contribution is -2.44. The van der Waals surface area contributed by atoms with Gasteiger partial charge in [-0.15, -0.1) is 0 Å². The first-order chi connectivity index (χ1) is 17.9. The first-order valence-corrected chi connectivity index (χ1v) is 13.1. The molecular weight excluding hydrogens is 513 g/mol. The lowest BCUT2D eigenvalue weighted by Gasteiger charge is -2.39. The number of hydrogen-bond donors (Lipinski definition) is 3. The zero-order chi connectivity index (χ0) is 25.9. The molecule has 1 aliphatic carbocycles. The van der Waals surface area contributed by atoms with Crippen LogP contribution in [0.15, 0.2) is 66.5 Å². The minimum atomic E-state index is -0.572. The van der Waals surface area contributed by atoms with Crippen molar-refractivity contribution in [2.75, 3.05) is 19.7 Å². The van der Waals surface area contributed by atoms with Crippen LogP contribution in [-0.4, -0.2) is 46.9 Å². The summed E-state index contributed by atoms with van der Waals surface area (Å²) in [6.07, 6.45) is 6.88. The van der Waals surface area contributed by atoms with Gasteiger partial charge in [-0.3, -0.25) is 4.90 Å². The van der Waals surface area contributed by atoms with Crippen molar-refractivity contribution in [2.24, 2.45) is 11.7 Å². The molecule has 0 radical (unpaired) electrons. The summed E-state index contributed by atoms with van der Waals surface area (Å²) < 4.78 is 11.5. The van der Waals surface area contributed by atoms with E-state index in [2.05, 4.69) is 11.1 Å². The third-order valence-electron chi connectivity index (χ3n) is 6.89.